The number of benzene rings is 2. The van der Waals surface area contributed by atoms with Crippen molar-refractivity contribution in [3.05, 3.63) is 61.5 Å². The lowest BCUT2D eigenvalue weighted by molar-refractivity contribution is 0.415. The minimum atomic E-state index is -0.577. The molecule has 0 amide bonds. The largest absolute Gasteiger partial charge is 0.495 e. The van der Waals surface area contributed by atoms with Crippen molar-refractivity contribution >= 4 is 46.4 Å². The maximum Gasteiger partial charge on any atom is 0.138 e. The first kappa shape index (κ1) is 15.7. The lowest BCUT2D eigenvalue weighted by Gasteiger charge is -2.18. The Bertz CT molecular complexity index is 625. The molecule has 0 heterocycles. The highest BCUT2D eigenvalue weighted by atomic mass is 35.5. The predicted molar refractivity (Wildman–Crippen MR) is 85.5 cm³/mol. The molecule has 2 nitrogen and oxygen atoms in total. The summed E-state index contributed by atoms with van der Waals surface area (Å²) in [7, 11) is 1.52. The van der Waals surface area contributed by atoms with E-state index in [-0.39, 0.29) is 0 Å². The highest BCUT2D eigenvalue weighted by Crippen LogP contribution is 2.39. The third kappa shape index (κ3) is 3.00. The molecule has 2 aromatic carbocycles. The van der Waals surface area contributed by atoms with E-state index < -0.39 is 6.04 Å². The fraction of sp³-hybridized carbons (Fsp3) is 0.143. The Hall–Kier alpha value is -0.640. The molecule has 20 heavy (non-hydrogen) atoms. The lowest BCUT2D eigenvalue weighted by Crippen LogP contribution is -2.13. The molecule has 0 aliphatic rings. The summed E-state index contributed by atoms with van der Waals surface area (Å²) in [5.74, 6) is 0.484. The van der Waals surface area contributed by atoms with Crippen molar-refractivity contribution in [3.63, 3.8) is 0 Å². The summed E-state index contributed by atoms with van der Waals surface area (Å²) < 4.78 is 5.10. The van der Waals surface area contributed by atoms with E-state index in [1.165, 1.54) is 7.11 Å². The standard InChI is InChI=1S/C14H11Cl4NO/c1-20-12-6-10(17)7(5-11(12)18)14(19)13-8(15)3-2-4-9(13)16/h2-6,14H,19H2,1H3. The molecule has 0 saturated carbocycles. The first-order valence-corrected chi connectivity index (χ1v) is 7.19. The van der Waals surface area contributed by atoms with Crippen LogP contribution in [-0.2, 0) is 0 Å². The van der Waals surface area contributed by atoms with Crippen LogP contribution in [0.15, 0.2) is 30.3 Å². The van der Waals surface area contributed by atoms with Gasteiger partial charge < -0.3 is 10.5 Å². The fourth-order valence-electron chi connectivity index (χ4n) is 1.90. The number of hydrogen-bond acceptors (Lipinski definition) is 2. The molecule has 0 radical (unpaired) electrons. The zero-order valence-electron chi connectivity index (χ0n) is 10.5. The van der Waals surface area contributed by atoms with Gasteiger partial charge >= 0.3 is 0 Å². The Kier molecular flexibility index (Phi) is 5.05. The SMILES string of the molecule is COc1cc(Cl)c(C(N)c2c(Cl)cccc2Cl)cc1Cl. The van der Waals surface area contributed by atoms with Crippen molar-refractivity contribution in [1.82, 2.24) is 0 Å². The first-order valence-electron chi connectivity index (χ1n) is 5.68. The maximum atomic E-state index is 6.23. The number of rotatable bonds is 3. The molecule has 2 rings (SSSR count). The van der Waals surface area contributed by atoms with Crippen molar-refractivity contribution < 1.29 is 4.74 Å². The summed E-state index contributed by atoms with van der Waals surface area (Å²) in [5, 5.41) is 1.82. The van der Waals surface area contributed by atoms with Crippen molar-refractivity contribution in [2.24, 2.45) is 5.73 Å². The maximum absolute atomic E-state index is 6.23. The minimum absolute atomic E-state index is 0.422. The average Bonchev–Trinajstić information content (AvgIpc) is 2.40. The van der Waals surface area contributed by atoms with E-state index in [0.717, 1.165) is 0 Å². The van der Waals surface area contributed by atoms with Gasteiger partial charge in [0.25, 0.3) is 0 Å². The van der Waals surface area contributed by atoms with E-state index in [2.05, 4.69) is 0 Å². The predicted octanol–water partition coefficient (Wildman–Crippen LogP) is 5.36. The van der Waals surface area contributed by atoms with Gasteiger partial charge in [0.2, 0.25) is 0 Å². The van der Waals surface area contributed by atoms with Crippen molar-refractivity contribution in [1.29, 1.82) is 0 Å². The molecule has 2 N–H and O–H groups in total. The van der Waals surface area contributed by atoms with Gasteiger partial charge in [-0.15, -0.1) is 0 Å². The highest BCUT2D eigenvalue weighted by molar-refractivity contribution is 6.36. The smallest absolute Gasteiger partial charge is 0.138 e. The van der Waals surface area contributed by atoms with Crippen molar-refractivity contribution in [2.75, 3.05) is 7.11 Å². The molecule has 0 fully saturated rings. The number of halogens is 4. The number of ether oxygens (including phenoxy) is 1. The molecule has 0 aliphatic carbocycles. The summed E-state index contributed by atoms with van der Waals surface area (Å²) in [5.41, 5.74) is 7.47. The van der Waals surface area contributed by atoms with Gasteiger partial charge in [0, 0.05) is 26.7 Å². The van der Waals surface area contributed by atoms with Gasteiger partial charge in [0.15, 0.2) is 0 Å². The quantitative estimate of drug-likeness (QED) is 0.808. The van der Waals surface area contributed by atoms with E-state index in [9.17, 15) is 0 Å². The molecule has 0 aliphatic heterocycles. The van der Waals surface area contributed by atoms with E-state index in [1.807, 2.05) is 0 Å². The monoisotopic (exact) mass is 349 g/mol. The van der Waals surface area contributed by atoms with Gasteiger partial charge in [0.05, 0.1) is 18.2 Å². The topological polar surface area (TPSA) is 35.2 Å². The van der Waals surface area contributed by atoms with Crippen LogP contribution in [0.25, 0.3) is 0 Å². The van der Waals surface area contributed by atoms with Crippen LogP contribution < -0.4 is 10.5 Å². The summed E-state index contributed by atoms with van der Waals surface area (Å²) in [6, 6.07) is 7.90. The Morgan fingerprint density at radius 3 is 2.10 bits per heavy atom. The number of methoxy groups -OCH3 is 1. The average molecular weight is 351 g/mol. The Morgan fingerprint density at radius 1 is 0.950 bits per heavy atom. The van der Waals surface area contributed by atoms with Gasteiger partial charge in [-0.1, -0.05) is 52.5 Å². The van der Waals surface area contributed by atoms with Crippen LogP contribution in [0.3, 0.4) is 0 Å². The van der Waals surface area contributed by atoms with E-state index in [0.29, 0.717) is 37.0 Å². The normalized spacial score (nSPS) is 12.3. The third-order valence-electron chi connectivity index (χ3n) is 2.92. The van der Waals surface area contributed by atoms with Crippen LogP contribution in [0.1, 0.15) is 17.2 Å². The molecule has 0 aromatic heterocycles. The molecule has 0 bridgehead atoms. The molecule has 1 atom stereocenters. The van der Waals surface area contributed by atoms with Crippen molar-refractivity contribution in [2.45, 2.75) is 6.04 Å². The molecule has 1 unspecified atom stereocenters. The second-order valence-electron chi connectivity index (χ2n) is 4.12. The third-order valence-corrected chi connectivity index (χ3v) is 4.20. The molecule has 106 valence electrons. The van der Waals surface area contributed by atoms with Gasteiger partial charge in [-0.25, -0.2) is 0 Å². The molecule has 0 saturated heterocycles. The molecular weight excluding hydrogens is 340 g/mol. The number of hydrogen-bond donors (Lipinski definition) is 1. The molecule has 2 aromatic rings. The Labute approximate surface area is 137 Å². The summed E-state index contributed by atoms with van der Waals surface area (Å²) in [4.78, 5) is 0. The first-order chi connectivity index (χ1) is 9.45. The second-order valence-corrected chi connectivity index (χ2v) is 5.75. The van der Waals surface area contributed by atoms with Gasteiger partial charge in [0.1, 0.15) is 5.75 Å². The van der Waals surface area contributed by atoms with Gasteiger partial charge in [-0.2, -0.15) is 0 Å². The van der Waals surface area contributed by atoms with Crippen LogP contribution in [0, 0.1) is 0 Å². The van der Waals surface area contributed by atoms with Crippen LogP contribution >= 0.6 is 46.4 Å². The zero-order chi connectivity index (χ0) is 14.9. The van der Waals surface area contributed by atoms with Crippen LogP contribution in [0.5, 0.6) is 5.75 Å². The fourth-order valence-corrected chi connectivity index (χ4v) is 3.06. The Morgan fingerprint density at radius 2 is 1.55 bits per heavy atom. The van der Waals surface area contributed by atoms with Gasteiger partial charge in [-0.3, -0.25) is 0 Å². The molecule has 6 heteroatoms. The van der Waals surface area contributed by atoms with Gasteiger partial charge in [-0.05, 0) is 23.8 Å². The molecular formula is C14H11Cl4NO. The minimum Gasteiger partial charge on any atom is -0.495 e. The van der Waals surface area contributed by atoms with Crippen LogP contribution in [-0.4, -0.2) is 7.11 Å². The number of nitrogens with two attached hydrogens (primary N) is 1. The zero-order valence-corrected chi connectivity index (χ0v) is 13.5. The Balaban J connectivity index is 2.54. The van der Waals surface area contributed by atoms with E-state index >= 15 is 0 Å². The second kappa shape index (κ2) is 6.42. The summed E-state index contributed by atoms with van der Waals surface area (Å²) in [6.07, 6.45) is 0. The summed E-state index contributed by atoms with van der Waals surface area (Å²) >= 11 is 24.7. The van der Waals surface area contributed by atoms with Crippen LogP contribution in [0.4, 0.5) is 0 Å². The lowest BCUT2D eigenvalue weighted by atomic mass is 9.99. The summed E-state index contributed by atoms with van der Waals surface area (Å²) in [6.45, 7) is 0. The highest BCUT2D eigenvalue weighted by Gasteiger charge is 2.20. The van der Waals surface area contributed by atoms with Crippen LogP contribution in [0.2, 0.25) is 20.1 Å². The van der Waals surface area contributed by atoms with E-state index in [4.69, 9.17) is 56.9 Å². The van der Waals surface area contributed by atoms with Crippen molar-refractivity contribution in [3.8, 4) is 5.75 Å². The van der Waals surface area contributed by atoms with E-state index in [1.54, 1.807) is 30.3 Å². The molecule has 0 spiro atoms.